The number of aromatic nitrogens is 2. The first-order chi connectivity index (χ1) is 7.69. The Morgan fingerprint density at radius 1 is 1.44 bits per heavy atom. The zero-order chi connectivity index (χ0) is 11.5. The molecule has 2 aromatic rings. The minimum absolute atomic E-state index is 0.0291. The van der Waals surface area contributed by atoms with Crippen molar-refractivity contribution in [1.82, 2.24) is 10.1 Å². The molecule has 5 nitrogen and oxygen atoms in total. The summed E-state index contributed by atoms with van der Waals surface area (Å²) in [6.45, 7) is 1.82. The van der Waals surface area contributed by atoms with E-state index in [1.165, 1.54) is 12.1 Å². The van der Waals surface area contributed by atoms with E-state index >= 15 is 0 Å². The lowest BCUT2D eigenvalue weighted by Crippen LogP contribution is -1.98. The van der Waals surface area contributed by atoms with Crippen LogP contribution in [-0.2, 0) is 11.4 Å². The van der Waals surface area contributed by atoms with Gasteiger partial charge in [-0.1, -0.05) is 5.16 Å². The normalized spacial score (nSPS) is 10.7. The molecular formula is C10H10FN3O2. The Bertz CT molecular complexity index is 478. The molecule has 0 spiro atoms. The van der Waals surface area contributed by atoms with Gasteiger partial charge in [0, 0.05) is 5.56 Å². The van der Waals surface area contributed by atoms with Crippen molar-refractivity contribution >= 4 is 0 Å². The summed E-state index contributed by atoms with van der Waals surface area (Å²) in [6, 6.07) is 4.53. The lowest BCUT2D eigenvalue weighted by atomic mass is 10.1. The minimum atomic E-state index is -0.337. The van der Waals surface area contributed by atoms with E-state index in [1.54, 1.807) is 13.0 Å². The third kappa shape index (κ3) is 2.23. The van der Waals surface area contributed by atoms with Crippen molar-refractivity contribution in [3.05, 3.63) is 35.5 Å². The fourth-order valence-corrected chi connectivity index (χ4v) is 1.37. The Morgan fingerprint density at radius 2 is 2.25 bits per heavy atom. The molecule has 0 unspecified atom stereocenters. The van der Waals surface area contributed by atoms with E-state index in [0.717, 1.165) is 5.56 Å². The molecule has 0 bridgehead atoms. The molecule has 1 aromatic heterocycles. The number of nitrogens with zero attached hydrogens (tertiary/aromatic N) is 2. The molecule has 16 heavy (non-hydrogen) atoms. The highest BCUT2D eigenvalue weighted by Crippen LogP contribution is 2.19. The van der Waals surface area contributed by atoms with Crippen LogP contribution < -0.4 is 5.90 Å². The van der Waals surface area contributed by atoms with Gasteiger partial charge in [-0.3, -0.25) is 4.84 Å². The summed E-state index contributed by atoms with van der Waals surface area (Å²) < 4.78 is 18.0. The van der Waals surface area contributed by atoms with Gasteiger partial charge in [-0.15, -0.1) is 0 Å². The van der Waals surface area contributed by atoms with E-state index in [2.05, 4.69) is 15.0 Å². The molecule has 0 saturated heterocycles. The molecule has 0 fully saturated rings. The highest BCUT2D eigenvalue weighted by Gasteiger charge is 2.09. The Hall–Kier alpha value is -1.79. The van der Waals surface area contributed by atoms with Gasteiger partial charge in [-0.2, -0.15) is 4.98 Å². The number of rotatable bonds is 3. The minimum Gasteiger partial charge on any atom is -0.336 e. The van der Waals surface area contributed by atoms with Crippen LogP contribution in [0.3, 0.4) is 0 Å². The van der Waals surface area contributed by atoms with Crippen LogP contribution in [0.5, 0.6) is 0 Å². The van der Waals surface area contributed by atoms with E-state index in [0.29, 0.717) is 11.4 Å². The molecule has 84 valence electrons. The molecule has 2 rings (SSSR count). The molecular weight excluding hydrogens is 213 g/mol. The molecule has 0 radical (unpaired) electrons. The zero-order valence-electron chi connectivity index (χ0n) is 8.61. The number of hydrogen-bond donors (Lipinski definition) is 1. The number of halogens is 1. The first-order valence-corrected chi connectivity index (χ1v) is 4.61. The van der Waals surface area contributed by atoms with Crippen molar-refractivity contribution in [3.8, 4) is 11.4 Å². The van der Waals surface area contributed by atoms with Crippen LogP contribution in [0.2, 0.25) is 0 Å². The van der Waals surface area contributed by atoms with E-state index in [9.17, 15) is 4.39 Å². The second-order valence-corrected chi connectivity index (χ2v) is 3.34. The third-order valence-electron chi connectivity index (χ3n) is 1.98. The van der Waals surface area contributed by atoms with Gasteiger partial charge in [0.2, 0.25) is 5.82 Å². The molecule has 0 aliphatic carbocycles. The fourth-order valence-electron chi connectivity index (χ4n) is 1.37. The summed E-state index contributed by atoms with van der Waals surface area (Å²) in [6.07, 6.45) is 0. The van der Waals surface area contributed by atoms with Crippen LogP contribution in [0.25, 0.3) is 11.4 Å². The summed E-state index contributed by atoms with van der Waals surface area (Å²) in [5.74, 6) is 5.10. The number of hydrogen-bond acceptors (Lipinski definition) is 5. The molecule has 1 heterocycles. The molecule has 1 aromatic carbocycles. The molecule has 6 heteroatoms. The van der Waals surface area contributed by atoms with Crippen molar-refractivity contribution in [1.29, 1.82) is 0 Å². The highest BCUT2D eigenvalue weighted by atomic mass is 19.1. The van der Waals surface area contributed by atoms with Crippen molar-refractivity contribution in [3.63, 3.8) is 0 Å². The second-order valence-electron chi connectivity index (χ2n) is 3.34. The summed E-state index contributed by atoms with van der Waals surface area (Å²) in [5.41, 5.74) is 1.35. The Morgan fingerprint density at radius 3 is 2.94 bits per heavy atom. The van der Waals surface area contributed by atoms with Gasteiger partial charge < -0.3 is 4.52 Å². The molecule has 0 aliphatic heterocycles. The first-order valence-electron chi connectivity index (χ1n) is 4.61. The molecule has 0 amide bonds. The van der Waals surface area contributed by atoms with Gasteiger partial charge in [-0.25, -0.2) is 10.3 Å². The van der Waals surface area contributed by atoms with E-state index in [-0.39, 0.29) is 18.3 Å². The zero-order valence-corrected chi connectivity index (χ0v) is 8.61. The van der Waals surface area contributed by atoms with Crippen LogP contribution >= 0.6 is 0 Å². The largest absolute Gasteiger partial charge is 0.336 e. The van der Waals surface area contributed by atoms with Gasteiger partial charge in [0.05, 0.1) is 0 Å². The Kier molecular flexibility index (Phi) is 2.93. The van der Waals surface area contributed by atoms with Gasteiger partial charge in [-0.05, 0) is 30.7 Å². The lowest BCUT2D eigenvalue weighted by molar-refractivity contribution is 0.0996. The van der Waals surface area contributed by atoms with E-state index in [4.69, 9.17) is 10.4 Å². The van der Waals surface area contributed by atoms with Crippen molar-refractivity contribution in [2.75, 3.05) is 0 Å². The topological polar surface area (TPSA) is 74.2 Å². The van der Waals surface area contributed by atoms with Crippen molar-refractivity contribution in [2.24, 2.45) is 5.90 Å². The number of nitrogens with two attached hydrogens (primary N) is 1. The smallest absolute Gasteiger partial charge is 0.255 e. The van der Waals surface area contributed by atoms with E-state index in [1.807, 2.05) is 0 Å². The van der Waals surface area contributed by atoms with E-state index < -0.39 is 0 Å². The predicted octanol–water partition coefficient (Wildman–Crippen LogP) is 1.57. The van der Waals surface area contributed by atoms with Gasteiger partial charge >= 0.3 is 0 Å². The number of aryl methyl sites for hydroxylation is 1. The van der Waals surface area contributed by atoms with Gasteiger partial charge in [0.25, 0.3) is 5.89 Å². The lowest BCUT2D eigenvalue weighted by Gasteiger charge is -1.97. The first kappa shape index (κ1) is 10.7. The monoisotopic (exact) mass is 223 g/mol. The van der Waals surface area contributed by atoms with Gasteiger partial charge in [0.15, 0.2) is 0 Å². The molecule has 0 aliphatic rings. The van der Waals surface area contributed by atoms with Crippen LogP contribution in [0.15, 0.2) is 22.7 Å². The molecule has 0 atom stereocenters. The maximum Gasteiger partial charge on any atom is 0.255 e. The summed E-state index contributed by atoms with van der Waals surface area (Å²) in [4.78, 5) is 8.36. The SMILES string of the molecule is Cc1cc(F)cc(-c2noc(CON)n2)c1. The van der Waals surface area contributed by atoms with Crippen LogP contribution in [0.1, 0.15) is 11.5 Å². The maximum atomic E-state index is 13.1. The maximum absolute atomic E-state index is 13.1. The van der Waals surface area contributed by atoms with Crippen molar-refractivity contribution in [2.45, 2.75) is 13.5 Å². The van der Waals surface area contributed by atoms with Crippen LogP contribution in [0.4, 0.5) is 4.39 Å². The quantitative estimate of drug-likeness (QED) is 0.799. The fraction of sp³-hybridized carbons (Fsp3) is 0.200. The number of benzene rings is 1. The Balaban J connectivity index is 2.34. The average Bonchev–Trinajstić information content (AvgIpc) is 2.65. The Labute approximate surface area is 91.0 Å². The molecule has 2 N–H and O–H groups in total. The van der Waals surface area contributed by atoms with Crippen molar-refractivity contribution < 1.29 is 13.8 Å². The highest BCUT2D eigenvalue weighted by molar-refractivity contribution is 5.55. The van der Waals surface area contributed by atoms with Gasteiger partial charge in [0.1, 0.15) is 12.4 Å². The predicted molar refractivity (Wildman–Crippen MR) is 53.4 cm³/mol. The molecule has 0 saturated carbocycles. The third-order valence-corrected chi connectivity index (χ3v) is 1.98. The standard InChI is InChI=1S/C10H10FN3O2/c1-6-2-7(4-8(11)3-6)10-13-9(5-15-12)16-14-10/h2-4H,5,12H2,1H3. The summed E-state index contributed by atoms with van der Waals surface area (Å²) in [5, 5.41) is 3.70. The van der Waals surface area contributed by atoms with Crippen LogP contribution in [-0.4, -0.2) is 10.1 Å². The summed E-state index contributed by atoms with van der Waals surface area (Å²) >= 11 is 0. The second kappa shape index (κ2) is 4.38. The average molecular weight is 223 g/mol. The summed E-state index contributed by atoms with van der Waals surface area (Å²) in [7, 11) is 0. The van der Waals surface area contributed by atoms with Crippen LogP contribution in [0, 0.1) is 12.7 Å².